The van der Waals surface area contributed by atoms with Gasteiger partial charge in [0.05, 0.1) is 17.5 Å². The number of nitrogens with one attached hydrogen (secondary N) is 2. The highest BCUT2D eigenvalue weighted by molar-refractivity contribution is 5.97. The summed E-state index contributed by atoms with van der Waals surface area (Å²) < 4.78 is 5.54. The first kappa shape index (κ1) is 20.9. The molecule has 2 rings (SSSR count). The van der Waals surface area contributed by atoms with Gasteiger partial charge in [-0.2, -0.15) is 0 Å². The number of ether oxygens (including phenoxy) is 1. The number of hydrogen-bond donors (Lipinski definition) is 5. The molecule has 0 aliphatic carbocycles. The Morgan fingerprint density at radius 3 is 2.79 bits per heavy atom. The summed E-state index contributed by atoms with van der Waals surface area (Å²) in [6.07, 6.45) is 13.8. The van der Waals surface area contributed by atoms with Gasteiger partial charge in [0.15, 0.2) is 6.21 Å². The van der Waals surface area contributed by atoms with Crippen molar-refractivity contribution in [2.75, 3.05) is 13.7 Å². The molecule has 0 saturated heterocycles. The number of nitrogens with two attached hydrogens (primary N) is 3. The minimum atomic E-state index is -0.164. The first-order chi connectivity index (χ1) is 13.5. The summed E-state index contributed by atoms with van der Waals surface area (Å²) in [5.41, 5.74) is 16.0. The van der Waals surface area contributed by atoms with Crippen molar-refractivity contribution in [1.82, 2.24) is 10.6 Å². The van der Waals surface area contributed by atoms with Gasteiger partial charge in [-0.05, 0) is 38.2 Å². The fourth-order valence-corrected chi connectivity index (χ4v) is 2.67. The molecule has 148 valence electrons. The second-order valence-electron chi connectivity index (χ2n) is 6.01. The summed E-state index contributed by atoms with van der Waals surface area (Å²) in [4.78, 5) is 8.44. The van der Waals surface area contributed by atoms with Crippen LogP contribution in [0.2, 0.25) is 0 Å². The molecule has 0 bridgehead atoms. The molecular weight excluding hydrogens is 354 g/mol. The lowest BCUT2D eigenvalue weighted by atomic mass is 10.0. The van der Waals surface area contributed by atoms with Crippen LogP contribution in [0, 0.1) is 0 Å². The van der Waals surface area contributed by atoms with E-state index in [0.29, 0.717) is 18.3 Å². The lowest BCUT2D eigenvalue weighted by Crippen LogP contribution is -2.34. The molecule has 8 nitrogen and oxygen atoms in total. The van der Waals surface area contributed by atoms with Gasteiger partial charge >= 0.3 is 0 Å². The third-order valence-electron chi connectivity index (χ3n) is 4.07. The van der Waals surface area contributed by atoms with Crippen LogP contribution >= 0.6 is 0 Å². The summed E-state index contributed by atoms with van der Waals surface area (Å²) >= 11 is 0. The van der Waals surface area contributed by atoms with Gasteiger partial charge in [-0.1, -0.05) is 0 Å². The van der Waals surface area contributed by atoms with Crippen molar-refractivity contribution < 1.29 is 10.1 Å². The van der Waals surface area contributed by atoms with Crippen LogP contribution in [-0.4, -0.2) is 38.0 Å². The average molecular weight is 382 g/mol. The zero-order valence-electron chi connectivity index (χ0n) is 16.4. The van der Waals surface area contributed by atoms with Crippen molar-refractivity contribution in [2.45, 2.75) is 20.0 Å². The van der Waals surface area contributed by atoms with Crippen molar-refractivity contribution >= 4 is 18.3 Å². The maximum Gasteiger partial charge on any atom is 0.166 e. The molecule has 0 saturated carbocycles. The molecule has 0 amide bonds. The fourth-order valence-electron chi connectivity index (χ4n) is 2.67. The van der Waals surface area contributed by atoms with Crippen LogP contribution in [0.15, 0.2) is 80.6 Å². The summed E-state index contributed by atoms with van der Waals surface area (Å²) in [5, 5.41) is 12.2. The standard InChI is InChI=1S/C20H27N7O/c1-4-28-13(2)14(9-21)8-19(23)27-20-6-5-17-18(26-20)7-15(12-25-17)16(10-22)11-24-3/h5-13,21,25-26H,4,22H2,1-3H3,(H2,23,27)/p+1. The number of nitrogens with zero attached hydrogens (tertiary/aromatic N) is 2. The van der Waals surface area contributed by atoms with Crippen LogP contribution in [-0.2, 0) is 4.74 Å². The lowest BCUT2D eigenvalue weighted by Gasteiger charge is -2.23. The van der Waals surface area contributed by atoms with Gasteiger partial charge < -0.3 is 26.8 Å². The first-order valence-electron chi connectivity index (χ1n) is 8.96. The van der Waals surface area contributed by atoms with Crippen molar-refractivity contribution in [3.05, 3.63) is 70.6 Å². The Labute approximate surface area is 165 Å². The number of fused-ring (bicyclic) bond motifs is 1. The number of amidine groups is 1. The fraction of sp³-hybridized carbons (Fsp3) is 0.250. The van der Waals surface area contributed by atoms with Crippen LogP contribution in [0.5, 0.6) is 0 Å². The Bertz CT molecular complexity index is 854. The molecule has 8 heteroatoms. The van der Waals surface area contributed by atoms with Crippen molar-refractivity contribution in [3.63, 3.8) is 0 Å². The summed E-state index contributed by atoms with van der Waals surface area (Å²) in [6.45, 7) is 4.42. The van der Waals surface area contributed by atoms with Gasteiger partial charge in [-0.25, -0.2) is 4.99 Å². The van der Waals surface area contributed by atoms with Crippen LogP contribution in [0.3, 0.4) is 0 Å². The lowest BCUT2D eigenvalue weighted by molar-refractivity contribution is -0.106. The molecule has 0 aromatic carbocycles. The molecule has 1 unspecified atom stereocenters. The quantitative estimate of drug-likeness (QED) is 0.292. The smallest absolute Gasteiger partial charge is 0.166 e. The molecule has 0 spiro atoms. The molecule has 0 aromatic heterocycles. The third kappa shape index (κ3) is 5.31. The maximum absolute atomic E-state index is 6.07. The van der Waals surface area contributed by atoms with Gasteiger partial charge in [-0.3, -0.25) is 10.4 Å². The Balaban J connectivity index is 2.20. The van der Waals surface area contributed by atoms with E-state index in [1.54, 1.807) is 19.3 Å². The number of rotatable bonds is 8. The van der Waals surface area contributed by atoms with E-state index in [9.17, 15) is 0 Å². The number of allylic oxidation sites excluding steroid dienone is 5. The van der Waals surface area contributed by atoms with E-state index in [0.717, 1.165) is 28.1 Å². The molecular formula is C20H28N7O+. The predicted octanol–water partition coefficient (Wildman–Crippen LogP) is -0.232. The van der Waals surface area contributed by atoms with Gasteiger partial charge in [0.25, 0.3) is 0 Å². The van der Waals surface area contributed by atoms with Crippen LogP contribution in [0.25, 0.3) is 0 Å². The number of dihydropyridines is 2. The van der Waals surface area contributed by atoms with E-state index in [-0.39, 0.29) is 6.10 Å². The molecule has 2 aliphatic heterocycles. The zero-order valence-corrected chi connectivity index (χ0v) is 16.4. The predicted molar refractivity (Wildman–Crippen MR) is 114 cm³/mol. The Morgan fingerprint density at radius 1 is 1.36 bits per heavy atom. The van der Waals surface area contributed by atoms with E-state index >= 15 is 0 Å². The van der Waals surface area contributed by atoms with Crippen molar-refractivity contribution in [3.8, 4) is 0 Å². The number of aliphatic imine (C=N–C) groups is 2. The molecule has 0 fully saturated rings. The molecule has 8 N–H and O–H groups in total. The van der Waals surface area contributed by atoms with Gasteiger partial charge in [0, 0.05) is 49.0 Å². The van der Waals surface area contributed by atoms with E-state index in [1.165, 1.54) is 12.4 Å². The maximum atomic E-state index is 6.07. The van der Waals surface area contributed by atoms with Crippen molar-refractivity contribution in [2.24, 2.45) is 21.5 Å². The monoisotopic (exact) mass is 382 g/mol. The van der Waals surface area contributed by atoms with Gasteiger partial charge in [0.2, 0.25) is 0 Å². The highest BCUT2D eigenvalue weighted by Gasteiger charge is 2.16. The molecule has 0 aromatic rings. The van der Waals surface area contributed by atoms with E-state index in [4.69, 9.17) is 21.6 Å². The van der Waals surface area contributed by atoms with E-state index in [2.05, 4.69) is 20.6 Å². The van der Waals surface area contributed by atoms with E-state index in [1.807, 2.05) is 38.3 Å². The summed E-state index contributed by atoms with van der Waals surface area (Å²) in [6, 6.07) is 0. The Morgan fingerprint density at radius 2 is 2.14 bits per heavy atom. The molecule has 1 atom stereocenters. The minimum absolute atomic E-state index is 0.164. The average Bonchev–Trinajstić information content (AvgIpc) is 2.69. The van der Waals surface area contributed by atoms with Crippen molar-refractivity contribution in [1.29, 1.82) is 0 Å². The molecule has 2 aliphatic rings. The van der Waals surface area contributed by atoms with Crippen LogP contribution in [0.1, 0.15) is 13.8 Å². The summed E-state index contributed by atoms with van der Waals surface area (Å²) in [7, 11) is 1.70. The Hall–Kier alpha value is -3.39. The SMILES string of the molecule is CCOC(C)C(C=[NH2+])=CC(N)=NC1=CC=C2NC=C(C(C=NC)=CN)C=C2N1. The second-order valence-corrected chi connectivity index (χ2v) is 6.01. The normalized spacial score (nSPS) is 18.9. The van der Waals surface area contributed by atoms with Crippen LogP contribution < -0.4 is 27.5 Å². The zero-order chi connectivity index (χ0) is 20.5. The molecule has 28 heavy (non-hydrogen) atoms. The second kappa shape index (κ2) is 10.1. The highest BCUT2D eigenvalue weighted by Crippen LogP contribution is 2.22. The molecule has 0 radical (unpaired) electrons. The third-order valence-corrected chi connectivity index (χ3v) is 4.07. The Kier molecular flexibility index (Phi) is 7.53. The topological polar surface area (TPSA) is 136 Å². The van der Waals surface area contributed by atoms with Gasteiger partial charge in [-0.15, -0.1) is 0 Å². The number of hydrogen-bond acceptors (Lipinski definition) is 6. The van der Waals surface area contributed by atoms with Gasteiger partial charge in [0.1, 0.15) is 11.7 Å². The highest BCUT2D eigenvalue weighted by atomic mass is 16.5. The summed E-state index contributed by atoms with van der Waals surface area (Å²) in [5.74, 6) is 0.925. The molecule has 2 heterocycles. The van der Waals surface area contributed by atoms with E-state index < -0.39 is 0 Å². The first-order valence-corrected chi connectivity index (χ1v) is 8.96. The largest absolute Gasteiger partial charge is 0.404 e. The minimum Gasteiger partial charge on any atom is -0.404 e. The van der Waals surface area contributed by atoms with Crippen LogP contribution in [0.4, 0.5) is 0 Å².